The van der Waals surface area contributed by atoms with Crippen LogP contribution in [0.25, 0.3) is 10.6 Å². The molecule has 72 valence electrons. The highest BCUT2D eigenvalue weighted by atomic mass is 79.9. The van der Waals surface area contributed by atoms with Crippen molar-refractivity contribution in [2.45, 2.75) is 0 Å². The van der Waals surface area contributed by atoms with Crippen molar-refractivity contribution in [2.24, 2.45) is 0 Å². The van der Waals surface area contributed by atoms with Crippen molar-refractivity contribution < 1.29 is 0 Å². The number of nitrogens with zero attached hydrogens (tertiary/aromatic N) is 3. The summed E-state index contributed by atoms with van der Waals surface area (Å²) in [6.07, 6.45) is 0. The second kappa shape index (κ2) is 3.50. The molecule has 0 saturated heterocycles. The molecule has 0 aromatic carbocycles. The van der Waals surface area contributed by atoms with Crippen LogP contribution in [-0.4, -0.2) is 15.2 Å². The molecule has 0 amide bonds. The quantitative estimate of drug-likeness (QED) is 0.821. The Balaban J connectivity index is 2.52. The van der Waals surface area contributed by atoms with Crippen molar-refractivity contribution in [2.75, 3.05) is 11.5 Å². The van der Waals surface area contributed by atoms with Crippen LogP contribution in [-0.2, 0) is 0 Å². The molecule has 0 spiro atoms. The first-order valence-corrected chi connectivity index (χ1v) is 5.29. The molecule has 2 heterocycles. The minimum absolute atomic E-state index is 0.0851. The molecule has 2 rings (SSSR count). The molecule has 0 atom stereocenters. The van der Waals surface area contributed by atoms with E-state index in [1.807, 2.05) is 12.1 Å². The fourth-order valence-electron chi connectivity index (χ4n) is 0.968. The third kappa shape index (κ3) is 1.68. The van der Waals surface area contributed by atoms with Gasteiger partial charge >= 0.3 is 0 Å². The van der Waals surface area contributed by atoms with Crippen LogP contribution < -0.4 is 11.5 Å². The van der Waals surface area contributed by atoms with Gasteiger partial charge in [0.05, 0.1) is 8.66 Å². The number of nitrogens with two attached hydrogens (primary N) is 2. The Morgan fingerprint density at radius 3 is 2.57 bits per heavy atom. The van der Waals surface area contributed by atoms with Crippen molar-refractivity contribution >= 4 is 39.0 Å². The molecule has 0 fully saturated rings. The highest BCUT2D eigenvalue weighted by Gasteiger charge is 2.09. The maximum Gasteiger partial charge on any atom is 0.242 e. The van der Waals surface area contributed by atoms with Crippen LogP contribution >= 0.6 is 27.3 Å². The van der Waals surface area contributed by atoms with Gasteiger partial charge in [-0.05, 0) is 28.1 Å². The fourth-order valence-corrected chi connectivity index (χ4v) is 2.35. The van der Waals surface area contributed by atoms with E-state index in [0.29, 0.717) is 11.5 Å². The highest BCUT2D eigenvalue weighted by Crippen LogP contribution is 2.31. The summed E-state index contributed by atoms with van der Waals surface area (Å²) in [6.45, 7) is 0. The Morgan fingerprint density at radius 1 is 1.21 bits per heavy atom. The molecule has 2 aromatic heterocycles. The van der Waals surface area contributed by atoms with Crippen molar-refractivity contribution in [1.82, 2.24) is 15.2 Å². The molecule has 5 nitrogen and oxygen atoms in total. The molecule has 0 aliphatic heterocycles. The van der Waals surface area contributed by atoms with Crippen LogP contribution in [0.3, 0.4) is 0 Å². The minimum atomic E-state index is 0.0851. The van der Waals surface area contributed by atoms with Gasteiger partial charge in [0, 0.05) is 0 Å². The highest BCUT2D eigenvalue weighted by molar-refractivity contribution is 9.11. The Hall–Kier alpha value is -1.21. The maximum absolute atomic E-state index is 5.66. The zero-order valence-electron chi connectivity index (χ0n) is 6.94. The fraction of sp³-hybridized carbons (Fsp3) is 0. The van der Waals surface area contributed by atoms with E-state index < -0.39 is 0 Å². The third-order valence-electron chi connectivity index (χ3n) is 1.54. The van der Waals surface area contributed by atoms with Crippen molar-refractivity contribution in [1.29, 1.82) is 0 Å². The van der Waals surface area contributed by atoms with E-state index >= 15 is 0 Å². The second-order valence-corrected chi connectivity index (χ2v) is 4.97. The summed E-state index contributed by atoms with van der Waals surface area (Å²) in [7, 11) is 0. The number of rotatable bonds is 1. The topological polar surface area (TPSA) is 90.7 Å². The van der Waals surface area contributed by atoms with Crippen LogP contribution in [0, 0.1) is 0 Å². The number of nitrogen functional groups attached to an aromatic ring is 2. The van der Waals surface area contributed by atoms with Gasteiger partial charge in [-0.2, -0.15) is 4.98 Å². The monoisotopic (exact) mass is 271 g/mol. The average molecular weight is 272 g/mol. The largest absolute Gasteiger partial charge is 0.382 e. The van der Waals surface area contributed by atoms with Crippen molar-refractivity contribution in [3.8, 4) is 10.6 Å². The number of halogens is 1. The van der Waals surface area contributed by atoms with E-state index in [2.05, 4.69) is 31.1 Å². The van der Waals surface area contributed by atoms with E-state index in [-0.39, 0.29) is 5.95 Å². The van der Waals surface area contributed by atoms with Gasteiger partial charge in [-0.25, -0.2) is 0 Å². The molecule has 14 heavy (non-hydrogen) atoms. The summed E-state index contributed by atoms with van der Waals surface area (Å²) in [5.41, 5.74) is 11.6. The lowest BCUT2D eigenvalue weighted by molar-refractivity contribution is 1.00. The van der Waals surface area contributed by atoms with Gasteiger partial charge in [0.1, 0.15) is 5.69 Å². The molecule has 0 aliphatic rings. The molecule has 2 aromatic rings. The second-order valence-electron chi connectivity index (χ2n) is 2.51. The molecule has 0 bridgehead atoms. The lowest BCUT2D eigenvalue weighted by Crippen LogP contribution is -2.03. The summed E-state index contributed by atoms with van der Waals surface area (Å²) in [4.78, 5) is 4.74. The molecule has 0 aliphatic carbocycles. The van der Waals surface area contributed by atoms with Gasteiger partial charge in [0.2, 0.25) is 5.95 Å². The maximum atomic E-state index is 5.66. The predicted molar refractivity (Wildman–Crippen MR) is 59.7 cm³/mol. The molecular weight excluding hydrogens is 266 g/mol. The number of thiophene rings is 1. The van der Waals surface area contributed by atoms with Gasteiger partial charge < -0.3 is 11.5 Å². The number of hydrogen-bond acceptors (Lipinski definition) is 6. The molecule has 0 unspecified atom stereocenters. The zero-order valence-corrected chi connectivity index (χ0v) is 9.34. The molecule has 0 saturated carbocycles. The number of hydrogen-bond donors (Lipinski definition) is 2. The first kappa shape index (κ1) is 9.35. The first-order chi connectivity index (χ1) is 6.66. The normalized spacial score (nSPS) is 10.4. The molecule has 7 heteroatoms. The lowest BCUT2D eigenvalue weighted by Gasteiger charge is -1.99. The van der Waals surface area contributed by atoms with Gasteiger partial charge in [-0.3, -0.25) is 0 Å². The predicted octanol–water partition coefficient (Wildman–Crippen LogP) is 1.53. The Bertz CT molecular complexity index is 469. The van der Waals surface area contributed by atoms with E-state index in [4.69, 9.17) is 11.5 Å². The SMILES string of the molecule is Nc1nnc(-c2ccc(Br)s2)c(N)n1. The number of anilines is 2. The van der Waals surface area contributed by atoms with Crippen LogP contribution in [0.1, 0.15) is 0 Å². The van der Waals surface area contributed by atoms with Crippen molar-refractivity contribution in [3.63, 3.8) is 0 Å². The Morgan fingerprint density at radius 2 is 2.00 bits per heavy atom. The van der Waals surface area contributed by atoms with Gasteiger partial charge in [-0.15, -0.1) is 21.5 Å². The Kier molecular flexibility index (Phi) is 2.34. The van der Waals surface area contributed by atoms with E-state index in [9.17, 15) is 0 Å². The molecular formula is C7H6BrN5S. The first-order valence-electron chi connectivity index (χ1n) is 3.68. The Labute approximate surface area is 92.3 Å². The summed E-state index contributed by atoms with van der Waals surface area (Å²) < 4.78 is 1.01. The minimum Gasteiger partial charge on any atom is -0.382 e. The summed E-state index contributed by atoms with van der Waals surface area (Å²) in [5.74, 6) is 0.383. The summed E-state index contributed by atoms with van der Waals surface area (Å²) in [6, 6.07) is 3.81. The van der Waals surface area contributed by atoms with Gasteiger partial charge in [0.15, 0.2) is 5.82 Å². The zero-order chi connectivity index (χ0) is 10.1. The van der Waals surface area contributed by atoms with E-state index in [1.165, 1.54) is 11.3 Å². The molecule has 4 N–H and O–H groups in total. The van der Waals surface area contributed by atoms with E-state index in [0.717, 1.165) is 8.66 Å². The summed E-state index contributed by atoms with van der Waals surface area (Å²) >= 11 is 4.87. The lowest BCUT2D eigenvalue weighted by atomic mass is 10.3. The molecule has 0 radical (unpaired) electrons. The van der Waals surface area contributed by atoms with Crippen LogP contribution in [0.5, 0.6) is 0 Å². The van der Waals surface area contributed by atoms with Crippen molar-refractivity contribution in [3.05, 3.63) is 15.9 Å². The van der Waals surface area contributed by atoms with Crippen LogP contribution in [0.15, 0.2) is 15.9 Å². The average Bonchev–Trinajstić information content (AvgIpc) is 2.51. The smallest absolute Gasteiger partial charge is 0.242 e. The van der Waals surface area contributed by atoms with Crippen LogP contribution in [0.4, 0.5) is 11.8 Å². The van der Waals surface area contributed by atoms with Gasteiger partial charge in [-0.1, -0.05) is 0 Å². The van der Waals surface area contributed by atoms with E-state index in [1.54, 1.807) is 0 Å². The standard InChI is InChI=1S/C7H6BrN5S/c8-4-2-1-3(14-4)5-6(9)11-7(10)13-12-5/h1-2H,(H4,9,10,11,13). The third-order valence-corrected chi connectivity index (χ3v) is 3.17. The number of aromatic nitrogens is 3. The van der Waals surface area contributed by atoms with Gasteiger partial charge in [0.25, 0.3) is 0 Å². The summed E-state index contributed by atoms with van der Waals surface area (Å²) in [5, 5.41) is 7.54. The van der Waals surface area contributed by atoms with Crippen LogP contribution in [0.2, 0.25) is 0 Å².